The van der Waals surface area contributed by atoms with E-state index in [2.05, 4.69) is 25.2 Å². The SMILES string of the molecule is Cc1cc(F)cc(-c2ccc3c(c2)CC(C)(C)C3NC(=O)O)c1. The lowest BCUT2D eigenvalue weighted by Crippen LogP contribution is -2.34. The zero-order valence-corrected chi connectivity index (χ0v) is 13.5. The van der Waals surface area contributed by atoms with E-state index in [1.54, 1.807) is 0 Å². The Morgan fingerprint density at radius 2 is 1.96 bits per heavy atom. The molecule has 3 rings (SSSR count). The van der Waals surface area contributed by atoms with Gasteiger partial charge >= 0.3 is 6.09 Å². The minimum Gasteiger partial charge on any atom is -0.465 e. The van der Waals surface area contributed by atoms with Crippen molar-refractivity contribution in [2.24, 2.45) is 5.41 Å². The zero-order valence-electron chi connectivity index (χ0n) is 13.5. The molecule has 120 valence electrons. The lowest BCUT2D eigenvalue weighted by molar-refractivity contribution is 0.175. The molecule has 2 aromatic carbocycles. The van der Waals surface area contributed by atoms with E-state index < -0.39 is 6.09 Å². The van der Waals surface area contributed by atoms with Gasteiger partial charge in [0.2, 0.25) is 0 Å². The molecular formula is C19H20FNO2. The van der Waals surface area contributed by atoms with E-state index in [1.165, 1.54) is 12.1 Å². The van der Waals surface area contributed by atoms with E-state index in [4.69, 9.17) is 5.11 Å². The molecule has 3 nitrogen and oxygen atoms in total. The summed E-state index contributed by atoms with van der Waals surface area (Å²) in [5.41, 5.74) is 4.63. The Morgan fingerprint density at radius 3 is 2.61 bits per heavy atom. The number of nitrogens with one attached hydrogen (secondary N) is 1. The fourth-order valence-electron chi connectivity index (χ4n) is 3.53. The van der Waals surface area contributed by atoms with Crippen LogP contribution in [0.2, 0.25) is 0 Å². The highest BCUT2D eigenvalue weighted by Crippen LogP contribution is 2.46. The Bertz CT molecular complexity index is 763. The molecule has 0 saturated carbocycles. The second kappa shape index (κ2) is 5.37. The average molecular weight is 313 g/mol. The summed E-state index contributed by atoms with van der Waals surface area (Å²) in [4.78, 5) is 11.1. The molecule has 1 atom stereocenters. The number of carbonyl (C=O) groups is 1. The highest BCUT2D eigenvalue weighted by molar-refractivity contribution is 5.69. The summed E-state index contributed by atoms with van der Waals surface area (Å²) in [5.74, 6) is -0.244. The summed E-state index contributed by atoms with van der Waals surface area (Å²) < 4.78 is 13.6. The van der Waals surface area contributed by atoms with Crippen LogP contribution in [0.5, 0.6) is 0 Å². The van der Waals surface area contributed by atoms with Gasteiger partial charge in [-0.15, -0.1) is 0 Å². The fraction of sp³-hybridized carbons (Fsp3) is 0.316. The monoisotopic (exact) mass is 313 g/mol. The molecule has 23 heavy (non-hydrogen) atoms. The lowest BCUT2D eigenvalue weighted by Gasteiger charge is -2.27. The Balaban J connectivity index is 2.03. The number of carboxylic acid groups (broad SMARTS) is 1. The maximum absolute atomic E-state index is 13.6. The third-order valence-corrected chi connectivity index (χ3v) is 4.52. The van der Waals surface area contributed by atoms with Crippen molar-refractivity contribution in [3.05, 3.63) is 58.9 Å². The van der Waals surface area contributed by atoms with Gasteiger partial charge in [-0.25, -0.2) is 9.18 Å². The van der Waals surface area contributed by atoms with Gasteiger partial charge in [0.15, 0.2) is 0 Å². The summed E-state index contributed by atoms with van der Waals surface area (Å²) in [7, 11) is 0. The Kier molecular flexibility index (Phi) is 3.63. The zero-order chi connectivity index (χ0) is 16.8. The molecule has 0 heterocycles. The van der Waals surface area contributed by atoms with Gasteiger partial charge in [0.25, 0.3) is 0 Å². The molecule has 0 fully saturated rings. The van der Waals surface area contributed by atoms with Crippen LogP contribution in [-0.2, 0) is 6.42 Å². The quantitative estimate of drug-likeness (QED) is 0.845. The van der Waals surface area contributed by atoms with E-state index in [1.807, 2.05) is 25.1 Å². The Hall–Kier alpha value is -2.36. The number of benzene rings is 2. The smallest absolute Gasteiger partial charge is 0.405 e. The first-order chi connectivity index (χ1) is 10.8. The number of rotatable bonds is 2. The van der Waals surface area contributed by atoms with Crippen LogP contribution in [-0.4, -0.2) is 11.2 Å². The van der Waals surface area contributed by atoms with Gasteiger partial charge in [0.1, 0.15) is 5.82 Å². The highest BCUT2D eigenvalue weighted by Gasteiger charge is 2.39. The maximum Gasteiger partial charge on any atom is 0.405 e. The Labute approximate surface area is 135 Å². The van der Waals surface area contributed by atoms with Crippen molar-refractivity contribution >= 4 is 6.09 Å². The van der Waals surface area contributed by atoms with Gasteiger partial charge in [-0.3, -0.25) is 0 Å². The number of hydrogen-bond donors (Lipinski definition) is 2. The van der Waals surface area contributed by atoms with Crippen molar-refractivity contribution in [2.45, 2.75) is 33.2 Å². The van der Waals surface area contributed by atoms with E-state index >= 15 is 0 Å². The first kappa shape index (κ1) is 15.5. The number of fused-ring (bicyclic) bond motifs is 1. The molecule has 1 unspecified atom stereocenters. The third kappa shape index (κ3) is 2.93. The van der Waals surface area contributed by atoms with Crippen LogP contribution in [0.3, 0.4) is 0 Å². The van der Waals surface area contributed by atoms with E-state index in [0.717, 1.165) is 34.2 Å². The van der Waals surface area contributed by atoms with Crippen LogP contribution in [0.4, 0.5) is 9.18 Å². The van der Waals surface area contributed by atoms with Crippen LogP contribution in [0.1, 0.15) is 36.6 Å². The number of hydrogen-bond acceptors (Lipinski definition) is 1. The number of amides is 1. The molecule has 0 saturated heterocycles. The molecule has 4 heteroatoms. The van der Waals surface area contributed by atoms with E-state index in [9.17, 15) is 9.18 Å². The molecule has 0 spiro atoms. The van der Waals surface area contributed by atoms with E-state index in [0.29, 0.717) is 0 Å². The first-order valence-corrected chi connectivity index (χ1v) is 7.66. The van der Waals surface area contributed by atoms with Gasteiger partial charge in [-0.2, -0.15) is 0 Å². The molecule has 0 aliphatic heterocycles. The van der Waals surface area contributed by atoms with Crippen LogP contribution in [0.25, 0.3) is 11.1 Å². The van der Waals surface area contributed by atoms with Gasteiger partial charge < -0.3 is 10.4 Å². The molecule has 0 radical (unpaired) electrons. The van der Waals surface area contributed by atoms with Crippen molar-refractivity contribution in [2.75, 3.05) is 0 Å². The molecule has 2 N–H and O–H groups in total. The number of aryl methyl sites for hydroxylation is 1. The third-order valence-electron chi connectivity index (χ3n) is 4.52. The molecule has 1 aliphatic carbocycles. The molecule has 0 aromatic heterocycles. The second-order valence-corrected chi connectivity index (χ2v) is 6.98. The van der Waals surface area contributed by atoms with Crippen molar-refractivity contribution in [3.63, 3.8) is 0 Å². The second-order valence-electron chi connectivity index (χ2n) is 6.98. The molecule has 2 aromatic rings. The van der Waals surface area contributed by atoms with Crippen LogP contribution in [0, 0.1) is 18.2 Å². The largest absolute Gasteiger partial charge is 0.465 e. The van der Waals surface area contributed by atoms with Crippen LogP contribution in [0.15, 0.2) is 36.4 Å². The summed E-state index contributed by atoms with van der Waals surface area (Å²) in [6.45, 7) is 5.98. The summed E-state index contributed by atoms with van der Waals surface area (Å²) in [5, 5.41) is 11.7. The predicted octanol–water partition coefficient (Wildman–Crippen LogP) is 4.69. The van der Waals surface area contributed by atoms with E-state index in [-0.39, 0.29) is 17.3 Å². The topological polar surface area (TPSA) is 49.3 Å². The minimum atomic E-state index is -1.01. The van der Waals surface area contributed by atoms with Gasteiger partial charge in [-0.1, -0.05) is 38.1 Å². The summed E-state index contributed by atoms with van der Waals surface area (Å²) in [6, 6.07) is 10.7. The summed E-state index contributed by atoms with van der Waals surface area (Å²) >= 11 is 0. The minimum absolute atomic E-state index is 0.183. The maximum atomic E-state index is 13.6. The fourth-order valence-corrected chi connectivity index (χ4v) is 3.53. The van der Waals surface area contributed by atoms with Crippen LogP contribution < -0.4 is 5.32 Å². The average Bonchev–Trinajstić information content (AvgIpc) is 2.67. The number of halogens is 1. The van der Waals surface area contributed by atoms with Crippen molar-refractivity contribution in [1.82, 2.24) is 5.32 Å². The predicted molar refractivity (Wildman–Crippen MR) is 88.0 cm³/mol. The molecular weight excluding hydrogens is 293 g/mol. The summed E-state index contributed by atoms with van der Waals surface area (Å²) in [6.07, 6.45) is -0.226. The van der Waals surface area contributed by atoms with Crippen molar-refractivity contribution in [3.8, 4) is 11.1 Å². The molecule has 0 bridgehead atoms. The van der Waals surface area contributed by atoms with Crippen molar-refractivity contribution in [1.29, 1.82) is 0 Å². The molecule has 1 aliphatic rings. The standard InChI is InChI=1S/C19H20FNO2/c1-11-6-13(9-15(20)7-11)12-4-5-16-14(8-12)10-19(2,3)17(16)21-18(22)23/h4-9,17,21H,10H2,1-3H3,(H,22,23). The van der Waals surface area contributed by atoms with Gasteiger partial charge in [0.05, 0.1) is 6.04 Å². The lowest BCUT2D eigenvalue weighted by atomic mass is 9.85. The molecule has 1 amide bonds. The first-order valence-electron chi connectivity index (χ1n) is 7.66. The highest BCUT2D eigenvalue weighted by atomic mass is 19.1. The van der Waals surface area contributed by atoms with Crippen LogP contribution >= 0.6 is 0 Å². The van der Waals surface area contributed by atoms with Gasteiger partial charge in [0, 0.05) is 0 Å². The van der Waals surface area contributed by atoms with Crippen molar-refractivity contribution < 1.29 is 14.3 Å². The Morgan fingerprint density at radius 1 is 1.22 bits per heavy atom. The normalized spacial score (nSPS) is 18.5. The van der Waals surface area contributed by atoms with Gasteiger partial charge in [-0.05, 0) is 58.7 Å².